The molecule has 1 saturated heterocycles. The lowest BCUT2D eigenvalue weighted by Gasteiger charge is -2.13. The van der Waals surface area contributed by atoms with Crippen LogP contribution in [0.5, 0.6) is 0 Å². The molecule has 7 heteroatoms. The molecule has 3 heterocycles. The average Bonchev–Trinajstić information content (AvgIpc) is 2.89. The first-order valence-corrected chi connectivity index (χ1v) is 5.00. The summed E-state index contributed by atoms with van der Waals surface area (Å²) in [4.78, 5) is 21.4. The molecule has 2 N–H and O–H groups in total. The van der Waals surface area contributed by atoms with E-state index >= 15 is 0 Å². The van der Waals surface area contributed by atoms with Gasteiger partial charge in [0.15, 0.2) is 11.2 Å². The Morgan fingerprint density at radius 2 is 2.59 bits per heavy atom. The predicted molar refractivity (Wildman–Crippen MR) is 58.4 cm³/mol. The minimum absolute atomic E-state index is 0.0400. The molecular weight excluding hydrogens is 224 g/mol. The SMILES string of the molecule is [2H]c1nc2c(nc([2H])n2[C@@H]2O[C@H](CO)C([2H])C2[2H])c(=O)[nH]1. The number of rotatable bonds is 2. The molecule has 0 aromatic carbocycles. The van der Waals surface area contributed by atoms with E-state index in [1.807, 2.05) is 0 Å². The van der Waals surface area contributed by atoms with Gasteiger partial charge < -0.3 is 14.8 Å². The summed E-state index contributed by atoms with van der Waals surface area (Å²) in [6.45, 7) is -0.419. The molecule has 3 rings (SSSR count). The van der Waals surface area contributed by atoms with Crippen LogP contribution in [0.25, 0.3) is 11.2 Å². The number of aromatic nitrogens is 4. The lowest BCUT2D eigenvalue weighted by atomic mass is 10.2. The van der Waals surface area contributed by atoms with Gasteiger partial charge in [0, 0.05) is 2.74 Å². The number of aliphatic hydroxyl groups is 1. The molecule has 7 nitrogen and oxygen atoms in total. The van der Waals surface area contributed by atoms with E-state index in [-0.39, 0.29) is 17.5 Å². The minimum Gasteiger partial charge on any atom is -0.394 e. The minimum atomic E-state index is -1.07. The Morgan fingerprint density at radius 1 is 1.71 bits per heavy atom. The van der Waals surface area contributed by atoms with Gasteiger partial charge in [0.25, 0.3) is 5.56 Å². The number of aromatic amines is 1. The second kappa shape index (κ2) is 3.94. The maximum absolute atomic E-state index is 11.7. The van der Waals surface area contributed by atoms with Crippen LogP contribution in [-0.2, 0) is 4.74 Å². The highest BCUT2D eigenvalue weighted by atomic mass is 16.5. The number of H-pyrrole nitrogens is 1. The summed E-state index contributed by atoms with van der Waals surface area (Å²) in [5.74, 6) is 0. The quantitative estimate of drug-likeness (QED) is 0.757. The van der Waals surface area contributed by atoms with Crippen LogP contribution in [0, 0.1) is 0 Å². The fraction of sp³-hybridized carbons (Fsp3) is 0.500. The van der Waals surface area contributed by atoms with Crippen LogP contribution >= 0.6 is 0 Å². The number of imidazole rings is 1. The first-order chi connectivity index (χ1) is 9.93. The topological polar surface area (TPSA) is 93.0 Å². The Hall–Kier alpha value is -1.73. The lowest BCUT2D eigenvalue weighted by Crippen LogP contribution is -2.14. The fourth-order valence-corrected chi connectivity index (χ4v) is 1.68. The summed E-state index contributed by atoms with van der Waals surface area (Å²) >= 11 is 0. The summed E-state index contributed by atoms with van der Waals surface area (Å²) in [5.41, 5.74) is -0.819. The van der Waals surface area contributed by atoms with Crippen LogP contribution < -0.4 is 5.56 Å². The molecule has 0 spiro atoms. The smallest absolute Gasteiger partial charge is 0.278 e. The molecule has 0 saturated carbocycles. The summed E-state index contributed by atoms with van der Waals surface area (Å²) in [6, 6.07) is 0. The third-order valence-corrected chi connectivity index (χ3v) is 2.49. The highest BCUT2D eigenvalue weighted by Gasteiger charge is 2.27. The number of hydrogen-bond donors (Lipinski definition) is 2. The monoisotopic (exact) mass is 240 g/mol. The third kappa shape index (κ3) is 1.63. The van der Waals surface area contributed by atoms with Crippen LogP contribution in [0.15, 0.2) is 17.4 Å². The molecule has 0 bridgehead atoms. The van der Waals surface area contributed by atoms with E-state index in [9.17, 15) is 4.79 Å². The normalized spacial score (nSPS) is 36.5. The Bertz CT molecular complexity index is 748. The Labute approximate surface area is 102 Å². The first-order valence-electron chi connectivity index (χ1n) is 7.15. The molecule has 2 aromatic rings. The van der Waals surface area contributed by atoms with Crippen molar-refractivity contribution in [1.82, 2.24) is 19.5 Å². The summed E-state index contributed by atoms with van der Waals surface area (Å²) in [7, 11) is 0. The van der Waals surface area contributed by atoms with Crippen molar-refractivity contribution in [3.63, 3.8) is 0 Å². The van der Waals surface area contributed by atoms with Crippen LogP contribution in [0.2, 0.25) is 0 Å². The zero-order valence-electron chi connectivity index (χ0n) is 12.6. The summed E-state index contributed by atoms with van der Waals surface area (Å²) in [6.07, 6.45) is -4.72. The van der Waals surface area contributed by atoms with Crippen molar-refractivity contribution in [1.29, 1.82) is 0 Å². The fourth-order valence-electron chi connectivity index (χ4n) is 1.68. The maximum atomic E-state index is 11.7. The zero-order valence-corrected chi connectivity index (χ0v) is 8.62. The molecule has 17 heavy (non-hydrogen) atoms. The van der Waals surface area contributed by atoms with Crippen molar-refractivity contribution >= 4 is 11.2 Å². The van der Waals surface area contributed by atoms with E-state index in [1.54, 1.807) is 0 Å². The predicted octanol–water partition coefficient (Wildman–Crippen LogP) is -0.211. The average molecular weight is 240 g/mol. The van der Waals surface area contributed by atoms with Gasteiger partial charge in [0.05, 0.1) is 25.3 Å². The lowest BCUT2D eigenvalue weighted by molar-refractivity contribution is -0.0207. The molecular formula is C10H12N4O3. The van der Waals surface area contributed by atoms with Gasteiger partial charge in [0.2, 0.25) is 0 Å². The molecule has 0 amide bonds. The molecule has 0 radical (unpaired) electrons. The van der Waals surface area contributed by atoms with Crippen LogP contribution in [0.4, 0.5) is 0 Å². The molecule has 90 valence electrons. The maximum Gasteiger partial charge on any atom is 0.278 e. The van der Waals surface area contributed by atoms with E-state index in [4.69, 9.17) is 15.3 Å². The Balaban J connectivity index is 2.17. The number of ether oxygens (including phenoxy) is 1. The third-order valence-electron chi connectivity index (χ3n) is 2.49. The van der Waals surface area contributed by atoms with Gasteiger partial charge in [0.1, 0.15) is 8.97 Å². The number of nitrogens with one attached hydrogen (secondary N) is 1. The number of nitrogens with zero attached hydrogens (tertiary/aromatic N) is 3. The van der Waals surface area contributed by atoms with Crippen molar-refractivity contribution < 1.29 is 15.3 Å². The van der Waals surface area contributed by atoms with E-state index in [0.717, 1.165) is 4.57 Å². The van der Waals surface area contributed by atoms with E-state index < -0.39 is 43.6 Å². The summed E-state index contributed by atoms with van der Waals surface area (Å²) in [5, 5.41) is 9.14. The van der Waals surface area contributed by atoms with Gasteiger partial charge in [-0.2, -0.15) is 0 Å². The standard InChI is InChI=1S/C10H12N4O3/c15-3-6-1-2-7(17-6)14-5-13-8-9(14)11-4-12-10(8)16/h4-7,15H,1-3H2,(H,11,12,16)/t6-,7+/m0/s1/i1D,2D,4D,5D/t1?,2?,6-,7+. The van der Waals surface area contributed by atoms with E-state index in [1.165, 1.54) is 0 Å². The number of fused-ring (bicyclic) bond motifs is 1. The molecule has 1 aliphatic rings. The van der Waals surface area contributed by atoms with Gasteiger partial charge in [-0.1, -0.05) is 0 Å². The summed E-state index contributed by atoms with van der Waals surface area (Å²) < 4.78 is 37.5. The molecule has 4 atom stereocenters. The Morgan fingerprint density at radius 3 is 3.35 bits per heavy atom. The second-order valence-corrected chi connectivity index (χ2v) is 3.56. The molecule has 2 aromatic heterocycles. The second-order valence-electron chi connectivity index (χ2n) is 3.56. The molecule has 2 unspecified atom stereocenters. The van der Waals surface area contributed by atoms with Gasteiger partial charge in [-0.05, 0) is 12.8 Å². The van der Waals surface area contributed by atoms with Crippen LogP contribution in [0.1, 0.15) is 24.5 Å². The van der Waals surface area contributed by atoms with Crippen molar-refractivity contribution in [2.75, 3.05) is 6.61 Å². The number of aliphatic hydroxyl groups excluding tert-OH is 1. The van der Waals surface area contributed by atoms with Crippen molar-refractivity contribution in [2.45, 2.75) is 25.1 Å². The van der Waals surface area contributed by atoms with Gasteiger partial charge in [-0.25, -0.2) is 9.97 Å². The molecule has 1 fully saturated rings. The highest BCUT2D eigenvalue weighted by molar-refractivity contribution is 5.68. The first kappa shape index (κ1) is 6.87. The zero-order chi connectivity index (χ0) is 15.3. The van der Waals surface area contributed by atoms with Gasteiger partial charge >= 0.3 is 0 Å². The largest absolute Gasteiger partial charge is 0.394 e. The molecule has 0 aliphatic carbocycles. The van der Waals surface area contributed by atoms with Crippen LogP contribution in [-0.4, -0.2) is 37.3 Å². The van der Waals surface area contributed by atoms with Gasteiger partial charge in [-0.3, -0.25) is 9.36 Å². The van der Waals surface area contributed by atoms with E-state index in [2.05, 4.69) is 15.0 Å². The van der Waals surface area contributed by atoms with Crippen molar-refractivity contribution in [2.24, 2.45) is 0 Å². The van der Waals surface area contributed by atoms with Crippen LogP contribution in [0.3, 0.4) is 0 Å². The van der Waals surface area contributed by atoms with E-state index in [0.29, 0.717) is 0 Å². The van der Waals surface area contributed by atoms with Crippen molar-refractivity contribution in [3.05, 3.63) is 23.0 Å². The van der Waals surface area contributed by atoms with Gasteiger partial charge in [-0.15, -0.1) is 0 Å². The Kier molecular flexibility index (Phi) is 1.59. The van der Waals surface area contributed by atoms with Crippen molar-refractivity contribution in [3.8, 4) is 0 Å². The molecule has 1 aliphatic heterocycles. The number of hydrogen-bond acceptors (Lipinski definition) is 5. The highest BCUT2D eigenvalue weighted by Crippen LogP contribution is 2.29.